The van der Waals surface area contributed by atoms with Gasteiger partial charge in [-0.15, -0.1) is 0 Å². The van der Waals surface area contributed by atoms with Crippen LogP contribution in [-0.2, 0) is 19.1 Å². The zero-order chi connectivity index (χ0) is 22.8. The Bertz CT molecular complexity index is 487. The number of carbonyl (C=O) groups is 3. The van der Waals surface area contributed by atoms with Gasteiger partial charge >= 0.3 is 11.9 Å². The van der Waals surface area contributed by atoms with Gasteiger partial charge < -0.3 is 24.2 Å². The van der Waals surface area contributed by atoms with Crippen molar-refractivity contribution >= 4 is 17.9 Å². The summed E-state index contributed by atoms with van der Waals surface area (Å²) in [7, 11) is 5.79. The molecule has 1 N–H and O–H groups in total. The zero-order valence-corrected chi connectivity index (χ0v) is 19.3. The second-order valence-corrected chi connectivity index (χ2v) is 9.30. The maximum atomic E-state index is 12.0. The molecule has 0 aromatic carbocycles. The fourth-order valence-corrected chi connectivity index (χ4v) is 3.50. The molecular formula is C23H43NO6. The van der Waals surface area contributed by atoms with Gasteiger partial charge in [-0.25, -0.2) is 0 Å². The van der Waals surface area contributed by atoms with Crippen molar-refractivity contribution < 1.29 is 33.8 Å². The summed E-state index contributed by atoms with van der Waals surface area (Å²) in [6, 6.07) is 0. The normalized spacial score (nSPS) is 12.5. The molecular weight excluding hydrogens is 386 g/mol. The van der Waals surface area contributed by atoms with Crippen molar-refractivity contribution in [3.63, 3.8) is 0 Å². The number of carbonyl (C=O) groups excluding carboxylic acids is 2. The minimum absolute atomic E-state index is 0.260. The van der Waals surface area contributed by atoms with Crippen molar-refractivity contribution in [2.45, 2.75) is 102 Å². The second-order valence-electron chi connectivity index (χ2n) is 9.30. The van der Waals surface area contributed by atoms with Gasteiger partial charge in [0.25, 0.3) is 0 Å². The first kappa shape index (κ1) is 28.4. The molecule has 0 bridgehead atoms. The summed E-state index contributed by atoms with van der Waals surface area (Å²) in [4.78, 5) is 33.3. The van der Waals surface area contributed by atoms with Crippen molar-refractivity contribution in [2.75, 3.05) is 27.7 Å². The van der Waals surface area contributed by atoms with Gasteiger partial charge in [-0.05, 0) is 12.8 Å². The Morgan fingerprint density at radius 2 is 1.17 bits per heavy atom. The molecule has 0 saturated carbocycles. The Morgan fingerprint density at radius 1 is 0.767 bits per heavy atom. The monoisotopic (exact) mass is 429 g/mol. The number of hydrogen-bond donors (Lipinski definition) is 1. The van der Waals surface area contributed by atoms with Gasteiger partial charge in [0.05, 0.1) is 21.1 Å². The van der Waals surface area contributed by atoms with Crippen molar-refractivity contribution in [1.29, 1.82) is 0 Å². The summed E-state index contributed by atoms with van der Waals surface area (Å²) in [5, 5.41) is 19.4. The summed E-state index contributed by atoms with van der Waals surface area (Å²) in [5.41, 5.74) is 0. The van der Waals surface area contributed by atoms with Crippen LogP contribution in [0.2, 0.25) is 0 Å². The smallest absolute Gasteiger partial charge is 0.306 e. The molecule has 7 heteroatoms. The van der Waals surface area contributed by atoms with E-state index in [9.17, 15) is 19.5 Å². The quantitative estimate of drug-likeness (QED) is 0.181. The van der Waals surface area contributed by atoms with Crippen LogP contribution in [0.15, 0.2) is 0 Å². The number of carboxylic acids is 2. The van der Waals surface area contributed by atoms with E-state index in [4.69, 9.17) is 9.84 Å². The number of aliphatic carboxylic acids is 2. The Balaban J connectivity index is 3.59. The van der Waals surface area contributed by atoms with Gasteiger partial charge in [0.2, 0.25) is 0 Å². The van der Waals surface area contributed by atoms with Crippen LogP contribution in [0.1, 0.15) is 96.3 Å². The minimum Gasteiger partial charge on any atom is -0.550 e. The highest BCUT2D eigenvalue weighted by Crippen LogP contribution is 2.14. The fourth-order valence-electron chi connectivity index (χ4n) is 3.50. The lowest BCUT2D eigenvalue weighted by atomic mass is 10.0. The third kappa shape index (κ3) is 21.1. The molecule has 176 valence electrons. The third-order valence-corrected chi connectivity index (χ3v) is 4.97. The average Bonchev–Trinajstić information content (AvgIpc) is 2.59. The first-order chi connectivity index (χ1) is 14.1. The zero-order valence-electron chi connectivity index (χ0n) is 19.3. The number of esters is 1. The van der Waals surface area contributed by atoms with Crippen molar-refractivity contribution in [1.82, 2.24) is 0 Å². The second kappa shape index (κ2) is 17.1. The van der Waals surface area contributed by atoms with Crippen LogP contribution in [0.3, 0.4) is 0 Å². The summed E-state index contributed by atoms with van der Waals surface area (Å²) in [5.74, 6) is -2.22. The summed E-state index contributed by atoms with van der Waals surface area (Å²) < 4.78 is 5.88. The van der Waals surface area contributed by atoms with E-state index >= 15 is 0 Å². The predicted molar refractivity (Wildman–Crippen MR) is 115 cm³/mol. The van der Waals surface area contributed by atoms with Gasteiger partial charge in [-0.1, -0.05) is 64.2 Å². The van der Waals surface area contributed by atoms with Crippen LogP contribution >= 0.6 is 0 Å². The van der Waals surface area contributed by atoms with Gasteiger partial charge in [-0.3, -0.25) is 9.59 Å². The van der Waals surface area contributed by atoms with Gasteiger partial charge in [0, 0.05) is 25.2 Å². The first-order valence-corrected chi connectivity index (χ1v) is 11.5. The lowest BCUT2D eigenvalue weighted by molar-refractivity contribution is -0.873. The molecule has 0 saturated heterocycles. The maximum absolute atomic E-state index is 12.0. The van der Waals surface area contributed by atoms with E-state index in [1.165, 1.54) is 38.5 Å². The van der Waals surface area contributed by atoms with Crippen LogP contribution in [-0.4, -0.2) is 61.3 Å². The van der Waals surface area contributed by atoms with E-state index in [-0.39, 0.29) is 18.8 Å². The van der Waals surface area contributed by atoms with E-state index in [0.29, 0.717) is 17.4 Å². The van der Waals surface area contributed by atoms with Crippen LogP contribution in [0, 0.1) is 0 Å². The molecule has 0 aromatic heterocycles. The number of unbranched alkanes of at least 4 members (excludes halogenated alkanes) is 11. The van der Waals surface area contributed by atoms with E-state index in [1.54, 1.807) is 0 Å². The van der Waals surface area contributed by atoms with Crippen LogP contribution in [0.25, 0.3) is 0 Å². The van der Waals surface area contributed by atoms with Crippen LogP contribution in [0.4, 0.5) is 0 Å². The maximum Gasteiger partial charge on any atom is 0.306 e. The number of quaternary nitrogens is 1. The molecule has 0 spiro atoms. The number of rotatable bonds is 20. The standard InChI is InChI=1S/C23H43NO6/c1-24(2,3)19-20(18-22(27)28)30-23(29)17-15-13-11-9-7-5-4-6-8-10-12-14-16-21(25)26/h20H,4-19H2,1-3H3,(H-,25,26,27,28). The molecule has 0 aromatic rings. The Hall–Kier alpha value is -1.63. The van der Waals surface area contributed by atoms with Crippen molar-refractivity contribution in [3.05, 3.63) is 0 Å². The predicted octanol–water partition coefficient (Wildman–Crippen LogP) is 3.29. The lowest BCUT2D eigenvalue weighted by Gasteiger charge is -2.29. The summed E-state index contributed by atoms with van der Waals surface area (Å²) in [6.45, 7) is 0.446. The molecule has 30 heavy (non-hydrogen) atoms. The summed E-state index contributed by atoms with van der Waals surface area (Å²) >= 11 is 0. The molecule has 0 heterocycles. The minimum atomic E-state index is -1.19. The highest BCUT2D eigenvalue weighted by molar-refractivity contribution is 5.70. The van der Waals surface area contributed by atoms with E-state index in [1.807, 2.05) is 21.1 Å². The molecule has 0 amide bonds. The largest absolute Gasteiger partial charge is 0.550 e. The topological polar surface area (TPSA) is 104 Å². The molecule has 0 radical (unpaired) electrons. The van der Waals surface area contributed by atoms with Gasteiger partial charge in [0.15, 0.2) is 6.10 Å². The SMILES string of the molecule is C[N+](C)(C)CC(CC(=O)[O-])OC(=O)CCCCCCCCCCCCCCC(=O)O. The van der Waals surface area contributed by atoms with Gasteiger partial charge in [-0.2, -0.15) is 0 Å². The molecule has 0 aliphatic carbocycles. The van der Waals surface area contributed by atoms with Crippen LogP contribution in [0.5, 0.6) is 0 Å². The molecule has 1 atom stereocenters. The van der Waals surface area contributed by atoms with E-state index in [0.717, 1.165) is 38.5 Å². The third-order valence-electron chi connectivity index (χ3n) is 4.97. The number of carboxylic acid groups (broad SMARTS) is 2. The molecule has 1 unspecified atom stereocenters. The fraction of sp³-hybridized carbons (Fsp3) is 0.870. The highest BCUT2D eigenvalue weighted by atomic mass is 16.5. The number of nitrogens with zero attached hydrogens (tertiary/aromatic N) is 1. The van der Waals surface area contributed by atoms with Crippen molar-refractivity contribution in [2.24, 2.45) is 0 Å². The Kier molecular flexibility index (Phi) is 16.2. The highest BCUT2D eigenvalue weighted by Gasteiger charge is 2.22. The molecule has 0 aliphatic rings. The molecule has 7 nitrogen and oxygen atoms in total. The van der Waals surface area contributed by atoms with Gasteiger partial charge in [0.1, 0.15) is 6.54 Å². The number of hydrogen-bond acceptors (Lipinski definition) is 5. The Morgan fingerprint density at radius 3 is 1.53 bits per heavy atom. The first-order valence-electron chi connectivity index (χ1n) is 11.5. The molecule has 0 aliphatic heterocycles. The molecule has 0 fully saturated rings. The van der Waals surface area contributed by atoms with Crippen molar-refractivity contribution in [3.8, 4) is 0 Å². The van der Waals surface area contributed by atoms with E-state index in [2.05, 4.69) is 0 Å². The summed E-state index contributed by atoms with van der Waals surface area (Å²) in [6.07, 6.45) is 12.8. The number of likely N-dealkylation sites (N-methyl/N-ethyl adjacent to an activating group) is 1. The van der Waals surface area contributed by atoms with Crippen LogP contribution < -0.4 is 5.11 Å². The number of ether oxygens (including phenoxy) is 1. The van der Waals surface area contributed by atoms with E-state index < -0.39 is 18.0 Å². The Labute approximate surface area is 182 Å². The average molecular weight is 430 g/mol. The molecule has 0 rings (SSSR count). The lowest BCUT2D eigenvalue weighted by Crippen LogP contribution is -2.45.